The third-order valence-corrected chi connectivity index (χ3v) is 2.66. The molecule has 1 aromatic carbocycles. The van der Waals surface area contributed by atoms with E-state index < -0.39 is 12.6 Å². The summed E-state index contributed by atoms with van der Waals surface area (Å²) in [6.45, 7) is 0.647. The summed E-state index contributed by atoms with van der Waals surface area (Å²) in [5, 5.41) is 8.70. The molecule has 0 radical (unpaired) electrons. The molecular formula is C12H13FN2O2. The molecule has 1 fully saturated rings. The number of halogens is 1. The highest BCUT2D eigenvalue weighted by Crippen LogP contribution is 2.21. The number of ether oxygens (including phenoxy) is 2. The molecule has 0 aromatic heterocycles. The van der Waals surface area contributed by atoms with Crippen LogP contribution in [0.25, 0.3) is 0 Å². The molecule has 2 atom stereocenters. The lowest BCUT2D eigenvalue weighted by molar-refractivity contribution is -0.198. The van der Waals surface area contributed by atoms with E-state index in [4.69, 9.17) is 14.7 Å². The second-order valence-corrected chi connectivity index (χ2v) is 3.78. The molecule has 0 amide bonds. The van der Waals surface area contributed by atoms with Gasteiger partial charge in [-0.25, -0.2) is 4.39 Å². The first-order valence-corrected chi connectivity index (χ1v) is 5.30. The molecule has 1 aliphatic heterocycles. The molecule has 0 saturated carbocycles. The molecule has 1 saturated heterocycles. The summed E-state index contributed by atoms with van der Waals surface area (Å²) in [4.78, 5) is 1.84. The number of alkyl halides is 1. The summed E-state index contributed by atoms with van der Waals surface area (Å²) in [5.74, 6) is 0. The van der Waals surface area contributed by atoms with E-state index >= 15 is 0 Å². The minimum atomic E-state index is -1.36. The van der Waals surface area contributed by atoms with Gasteiger partial charge >= 0.3 is 0 Å². The van der Waals surface area contributed by atoms with Crippen molar-refractivity contribution in [3.05, 3.63) is 29.8 Å². The Bertz CT molecular complexity index is 416. The lowest BCUT2D eigenvalue weighted by atomic mass is 10.2. The van der Waals surface area contributed by atoms with Gasteiger partial charge in [0.2, 0.25) is 6.36 Å². The maximum absolute atomic E-state index is 13.3. The molecule has 17 heavy (non-hydrogen) atoms. The van der Waals surface area contributed by atoms with Crippen molar-refractivity contribution in [3.63, 3.8) is 0 Å². The van der Waals surface area contributed by atoms with Crippen LogP contribution < -0.4 is 4.90 Å². The van der Waals surface area contributed by atoms with Crippen molar-refractivity contribution in [1.82, 2.24) is 0 Å². The predicted octanol–water partition coefficient (Wildman–Crippen LogP) is 1.66. The molecule has 90 valence electrons. The number of anilines is 1. The summed E-state index contributed by atoms with van der Waals surface area (Å²) in [6.07, 6.45) is -1.92. The predicted molar refractivity (Wildman–Crippen MR) is 60.1 cm³/mol. The van der Waals surface area contributed by atoms with Gasteiger partial charge in [0.1, 0.15) is 0 Å². The van der Waals surface area contributed by atoms with E-state index in [1.165, 1.54) is 7.11 Å². The lowest BCUT2D eigenvalue weighted by Crippen LogP contribution is -2.46. The maximum atomic E-state index is 13.3. The number of morpholine rings is 1. The Morgan fingerprint density at radius 3 is 2.71 bits per heavy atom. The first-order chi connectivity index (χ1) is 8.22. The van der Waals surface area contributed by atoms with Gasteiger partial charge in [-0.05, 0) is 24.3 Å². The number of methoxy groups -OCH3 is 1. The third-order valence-electron chi connectivity index (χ3n) is 2.66. The standard InChI is InChI=1S/C12H13FN2O2/c1-16-12-8-15(7-11(13)17-12)10-4-2-9(6-14)3-5-10/h2-5,11-12H,7-8H2,1H3. The van der Waals surface area contributed by atoms with Crippen LogP contribution in [0.5, 0.6) is 0 Å². The van der Waals surface area contributed by atoms with E-state index in [-0.39, 0.29) is 6.54 Å². The van der Waals surface area contributed by atoms with Crippen LogP contribution in [0.3, 0.4) is 0 Å². The Morgan fingerprint density at radius 2 is 2.12 bits per heavy atom. The van der Waals surface area contributed by atoms with Crippen LogP contribution in [0.15, 0.2) is 24.3 Å². The maximum Gasteiger partial charge on any atom is 0.218 e. The number of nitriles is 1. The zero-order chi connectivity index (χ0) is 12.3. The minimum absolute atomic E-state index is 0.172. The first kappa shape index (κ1) is 11.8. The smallest absolute Gasteiger partial charge is 0.218 e. The van der Waals surface area contributed by atoms with Crippen molar-refractivity contribution >= 4 is 5.69 Å². The third kappa shape index (κ3) is 2.73. The Hall–Kier alpha value is -1.64. The second kappa shape index (κ2) is 5.13. The fraction of sp³-hybridized carbons (Fsp3) is 0.417. The van der Waals surface area contributed by atoms with Gasteiger partial charge in [0, 0.05) is 12.8 Å². The van der Waals surface area contributed by atoms with Crippen molar-refractivity contribution < 1.29 is 13.9 Å². The zero-order valence-electron chi connectivity index (χ0n) is 9.47. The molecule has 0 bridgehead atoms. The molecule has 1 aliphatic rings. The molecule has 2 rings (SSSR count). The van der Waals surface area contributed by atoms with Gasteiger partial charge in [-0.1, -0.05) is 0 Å². The average molecular weight is 236 g/mol. The highest BCUT2D eigenvalue weighted by Gasteiger charge is 2.27. The molecular weight excluding hydrogens is 223 g/mol. The van der Waals surface area contributed by atoms with Crippen molar-refractivity contribution in [1.29, 1.82) is 5.26 Å². The zero-order valence-corrected chi connectivity index (χ0v) is 9.47. The van der Waals surface area contributed by atoms with E-state index in [9.17, 15) is 4.39 Å². The van der Waals surface area contributed by atoms with E-state index in [1.54, 1.807) is 24.3 Å². The van der Waals surface area contributed by atoms with Crippen LogP contribution in [-0.4, -0.2) is 32.8 Å². The normalized spacial score (nSPS) is 24.4. The Balaban J connectivity index is 2.12. The van der Waals surface area contributed by atoms with Crippen LogP contribution in [0, 0.1) is 11.3 Å². The molecule has 0 aliphatic carbocycles. The summed E-state index contributed by atoms with van der Waals surface area (Å²) >= 11 is 0. The van der Waals surface area contributed by atoms with Crippen molar-refractivity contribution in [2.45, 2.75) is 12.6 Å². The van der Waals surface area contributed by atoms with E-state index in [1.807, 2.05) is 11.0 Å². The fourth-order valence-corrected chi connectivity index (χ4v) is 1.77. The highest BCUT2D eigenvalue weighted by molar-refractivity contribution is 5.50. The summed E-state index contributed by atoms with van der Waals surface area (Å²) < 4.78 is 23.3. The summed E-state index contributed by atoms with van der Waals surface area (Å²) in [6, 6.07) is 9.05. The van der Waals surface area contributed by atoms with Crippen molar-refractivity contribution in [2.75, 3.05) is 25.1 Å². The molecule has 1 heterocycles. The van der Waals surface area contributed by atoms with Crippen LogP contribution in [0.2, 0.25) is 0 Å². The molecule has 1 aromatic rings. The van der Waals surface area contributed by atoms with Crippen molar-refractivity contribution in [2.24, 2.45) is 0 Å². The summed E-state index contributed by atoms with van der Waals surface area (Å²) in [7, 11) is 1.49. The second-order valence-electron chi connectivity index (χ2n) is 3.78. The van der Waals surface area contributed by atoms with E-state index in [2.05, 4.69) is 0 Å². The van der Waals surface area contributed by atoms with Gasteiger partial charge in [-0.3, -0.25) is 0 Å². The van der Waals surface area contributed by atoms with Gasteiger partial charge < -0.3 is 14.4 Å². The average Bonchev–Trinajstić information content (AvgIpc) is 2.38. The molecule has 0 N–H and O–H groups in total. The lowest BCUT2D eigenvalue weighted by Gasteiger charge is -2.35. The number of hydrogen-bond acceptors (Lipinski definition) is 4. The molecule has 2 unspecified atom stereocenters. The van der Waals surface area contributed by atoms with Crippen LogP contribution >= 0.6 is 0 Å². The Kier molecular flexibility index (Phi) is 3.57. The van der Waals surface area contributed by atoms with Gasteiger partial charge in [0.15, 0.2) is 6.29 Å². The topological polar surface area (TPSA) is 45.5 Å². The summed E-state index contributed by atoms with van der Waals surface area (Å²) in [5.41, 5.74) is 1.44. The minimum Gasteiger partial charge on any atom is -0.361 e. The van der Waals surface area contributed by atoms with Crippen molar-refractivity contribution in [3.8, 4) is 6.07 Å². The van der Waals surface area contributed by atoms with Crippen LogP contribution in [0.4, 0.5) is 10.1 Å². The Morgan fingerprint density at radius 1 is 1.41 bits per heavy atom. The van der Waals surface area contributed by atoms with E-state index in [0.29, 0.717) is 12.1 Å². The molecule has 5 heteroatoms. The number of hydrogen-bond donors (Lipinski definition) is 0. The highest BCUT2D eigenvalue weighted by atomic mass is 19.1. The SMILES string of the molecule is COC1CN(c2ccc(C#N)cc2)CC(F)O1. The van der Waals surface area contributed by atoms with Gasteiger partial charge in [-0.2, -0.15) is 5.26 Å². The quantitative estimate of drug-likeness (QED) is 0.783. The fourth-order valence-electron chi connectivity index (χ4n) is 1.77. The monoisotopic (exact) mass is 236 g/mol. The van der Waals surface area contributed by atoms with Crippen LogP contribution in [0.1, 0.15) is 5.56 Å². The first-order valence-electron chi connectivity index (χ1n) is 5.30. The van der Waals surface area contributed by atoms with Gasteiger partial charge in [-0.15, -0.1) is 0 Å². The van der Waals surface area contributed by atoms with Gasteiger partial charge in [0.25, 0.3) is 0 Å². The van der Waals surface area contributed by atoms with E-state index in [0.717, 1.165) is 5.69 Å². The number of benzene rings is 1. The van der Waals surface area contributed by atoms with Crippen LogP contribution in [-0.2, 0) is 9.47 Å². The Labute approximate surface area is 99.2 Å². The largest absolute Gasteiger partial charge is 0.361 e. The molecule has 4 nitrogen and oxygen atoms in total. The molecule has 0 spiro atoms. The van der Waals surface area contributed by atoms with Gasteiger partial charge in [0.05, 0.1) is 24.7 Å². The number of rotatable bonds is 2. The number of nitrogens with zero attached hydrogens (tertiary/aromatic N) is 2.